The van der Waals surface area contributed by atoms with Crippen molar-refractivity contribution in [2.75, 3.05) is 38.2 Å². The Hall–Kier alpha value is -1.28. The second-order valence-corrected chi connectivity index (χ2v) is 8.06. The monoisotopic (exact) mass is 428 g/mol. The number of rotatable bonds is 3. The third-order valence-electron chi connectivity index (χ3n) is 3.79. The fourth-order valence-electron chi connectivity index (χ4n) is 2.55. The van der Waals surface area contributed by atoms with Crippen molar-refractivity contribution in [3.63, 3.8) is 0 Å². The van der Waals surface area contributed by atoms with Gasteiger partial charge in [-0.3, -0.25) is 4.79 Å². The minimum absolute atomic E-state index is 0.155. The van der Waals surface area contributed by atoms with E-state index in [0.29, 0.717) is 0 Å². The van der Waals surface area contributed by atoms with E-state index in [9.17, 15) is 4.79 Å². The number of anilines is 1. The second-order valence-electron chi connectivity index (χ2n) is 5.08. The smallest absolute Gasteiger partial charge is 0.264 e. The Morgan fingerprint density at radius 1 is 1.09 bits per heavy atom. The van der Waals surface area contributed by atoms with Crippen LogP contribution >= 0.6 is 33.9 Å². The van der Waals surface area contributed by atoms with Crippen LogP contribution in [0.3, 0.4) is 0 Å². The van der Waals surface area contributed by atoms with Crippen LogP contribution in [0.25, 0.3) is 0 Å². The number of carbonyl (C=O) groups excluding carboxylic acids is 1. The summed E-state index contributed by atoms with van der Waals surface area (Å²) in [6.07, 6.45) is 0. The lowest BCUT2D eigenvalue weighted by atomic mass is 10.2. The van der Waals surface area contributed by atoms with Gasteiger partial charge in [-0.2, -0.15) is 0 Å². The molecule has 22 heavy (non-hydrogen) atoms. The van der Waals surface area contributed by atoms with Crippen LogP contribution in [0, 0.1) is 2.88 Å². The molecular weight excluding hydrogens is 411 g/mol. The van der Waals surface area contributed by atoms with Gasteiger partial charge in [0.25, 0.3) is 5.91 Å². The normalized spacial score (nSPS) is 15.0. The predicted molar refractivity (Wildman–Crippen MR) is 98.1 cm³/mol. The van der Waals surface area contributed by atoms with E-state index in [-0.39, 0.29) is 5.91 Å². The summed E-state index contributed by atoms with van der Waals surface area (Å²) in [5.74, 6) is 1.02. The third-order valence-corrected chi connectivity index (χ3v) is 5.67. The first kappa shape index (κ1) is 15.6. The first-order valence-corrected chi connectivity index (χ1v) is 9.00. The average Bonchev–Trinajstić information content (AvgIpc) is 3.01. The third kappa shape index (κ3) is 3.38. The highest BCUT2D eigenvalue weighted by atomic mass is 127. The molecule has 2 aromatic rings. The van der Waals surface area contributed by atoms with Gasteiger partial charge >= 0.3 is 0 Å². The Labute approximate surface area is 147 Å². The van der Waals surface area contributed by atoms with Gasteiger partial charge in [-0.15, -0.1) is 11.3 Å². The predicted octanol–water partition coefficient (Wildman–Crippen LogP) is 3.32. The number of hydrogen-bond donors (Lipinski definition) is 0. The number of methoxy groups -OCH3 is 1. The van der Waals surface area contributed by atoms with Gasteiger partial charge < -0.3 is 14.5 Å². The summed E-state index contributed by atoms with van der Waals surface area (Å²) in [4.78, 5) is 17.5. The summed E-state index contributed by atoms with van der Waals surface area (Å²) < 4.78 is 6.34. The first-order chi connectivity index (χ1) is 10.7. The maximum Gasteiger partial charge on any atom is 0.264 e. The number of halogens is 1. The summed E-state index contributed by atoms with van der Waals surface area (Å²) in [5, 5.41) is 0. The van der Waals surface area contributed by atoms with Gasteiger partial charge in [-0.05, 0) is 59.0 Å². The number of thiophene rings is 1. The highest BCUT2D eigenvalue weighted by molar-refractivity contribution is 14.1. The molecule has 4 nitrogen and oxygen atoms in total. The molecular formula is C16H17IN2O2S. The van der Waals surface area contributed by atoms with Crippen molar-refractivity contribution in [1.82, 2.24) is 4.90 Å². The molecule has 0 unspecified atom stereocenters. The van der Waals surface area contributed by atoms with Gasteiger partial charge in [0.1, 0.15) is 5.75 Å². The largest absolute Gasteiger partial charge is 0.497 e. The van der Waals surface area contributed by atoms with E-state index in [1.54, 1.807) is 18.4 Å². The van der Waals surface area contributed by atoms with E-state index in [4.69, 9.17) is 4.74 Å². The molecule has 2 heterocycles. The molecule has 116 valence electrons. The zero-order valence-corrected chi connectivity index (χ0v) is 15.3. The first-order valence-electron chi connectivity index (χ1n) is 7.11. The van der Waals surface area contributed by atoms with Gasteiger partial charge in [0.2, 0.25) is 0 Å². The van der Waals surface area contributed by atoms with Crippen molar-refractivity contribution < 1.29 is 9.53 Å². The number of piperazine rings is 1. The molecule has 1 aliphatic heterocycles. The summed E-state index contributed by atoms with van der Waals surface area (Å²) >= 11 is 3.81. The van der Waals surface area contributed by atoms with Crippen molar-refractivity contribution in [2.45, 2.75) is 0 Å². The van der Waals surface area contributed by atoms with Crippen LogP contribution in [0.15, 0.2) is 36.4 Å². The molecule has 1 saturated heterocycles. The second kappa shape index (κ2) is 6.87. The molecule has 6 heteroatoms. The van der Waals surface area contributed by atoms with E-state index in [2.05, 4.69) is 39.6 Å². The average molecular weight is 428 g/mol. The molecule has 0 bridgehead atoms. The molecule has 0 saturated carbocycles. The van der Waals surface area contributed by atoms with Gasteiger partial charge in [-0.25, -0.2) is 0 Å². The number of carbonyl (C=O) groups is 1. The minimum atomic E-state index is 0.155. The molecule has 1 amide bonds. The quantitative estimate of drug-likeness (QED) is 0.704. The van der Waals surface area contributed by atoms with Crippen LogP contribution < -0.4 is 9.64 Å². The maximum absolute atomic E-state index is 12.4. The Morgan fingerprint density at radius 3 is 2.32 bits per heavy atom. The van der Waals surface area contributed by atoms with E-state index in [0.717, 1.165) is 39.7 Å². The van der Waals surface area contributed by atoms with Crippen molar-refractivity contribution in [1.29, 1.82) is 0 Å². The molecule has 0 atom stereocenters. The van der Waals surface area contributed by atoms with Gasteiger partial charge in [0.05, 0.1) is 14.9 Å². The number of hydrogen-bond acceptors (Lipinski definition) is 4. The molecule has 1 aliphatic rings. The summed E-state index contributed by atoms with van der Waals surface area (Å²) in [7, 11) is 1.67. The number of ether oxygens (including phenoxy) is 1. The van der Waals surface area contributed by atoms with Crippen LogP contribution in [0.1, 0.15) is 9.67 Å². The number of benzene rings is 1. The number of amides is 1. The lowest BCUT2D eigenvalue weighted by Crippen LogP contribution is -2.48. The van der Waals surface area contributed by atoms with E-state index >= 15 is 0 Å². The van der Waals surface area contributed by atoms with Crippen LogP contribution in [-0.2, 0) is 0 Å². The fourth-order valence-corrected chi connectivity index (χ4v) is 4.14. The molecule has 0 aliphatic carbocycles. The van der Waals surface area contributed by atoms with E-state index in [1.807, 2.05) is 29.2 Å². The lowest BCUT2D eigenvalue weighted by Gasteiger charge is -2.36. The zero-order valence-electron chi connectivity index (χ0n) is 12.3. The van der Waals surface area contributed by atoms with Crippen molar-refractivity contribution in [3.8, 4) is 5.75 Å². The van der Waals surface area contributed by atoms with Gasteiger partial charge in [-0.1, -0.05) is 0 Å². The van der Waals surface area contributed by atoms with Crippen molar-refractivity contribution in [3.05, 3.63) is 44.2 Å². The summed E-state index contributed by atoms with van der Waals surface area (Å²) in [6, 6.07) is 12.0. The highest BCUT2D eigenvalue weighted by Gasteiger charge is 2.23. The summed E-state index contributed by atoms with van der Waals surface area (Å²) in [5.41, 5.74) is 1.18. The maximum atomic E-state index is 12.4. The van der Waals surface area contributed by atoms with Crippen LogP contribution in [-0.4, -0.2) is 44.1 Å². The molecule has 0 N–H and O–H groups in total. The van der Waals surface area contributed by atoms with Gasteiger partial charge in [0.15, 0.2) is 0 Å². The molecule has 3 rings (SSSR count). The topological polar surface area (TPSA) is 32.8 Å². The number of nitrogens with zero attached hydrogens (tertiary/aromatic N) is 2. The van der Waals surface area contributed by atoms with E-state index < -0.39 is 0 Å². The molecule has 0 radical (unpaired) electrons. The molecule has 1 aromatic carbocycles. The highest BCUT2D eigenvalue weighted by Crippen LogP contribution is 2.23. The minimum Gasteiger partial charge on any atom is -0.497 e. The Balaban J connectivity index is 1.61. The van der Waals surface area contributed by atoms with E-state index in [1.165, 1.54) is 5.69 Å². The Kier molecular flexibility index (Phi) is 4.87. The van der Waals surface area contributed by atoms with Crippen molar-refractivity contribution in [2.24, 2.45) is 0 Å². The zero-order chi connectivity index (χ0) is 15.5. The van der Waals surface area contributed by atoms with Crippen LogP contribution in [0.2, 0.25) is 0 Å². The summed E-state index contributed by atoms with van der Waals surface area (Å²) in [6.45, 7) is 3.25. The van der Waals surface area contributed by atoms with Crippen LogP contribution in [0.4, 0.5) is 5.69 Å². The van der Waals surface area contributed by atoms with Gasteiger partial charge in [0, 0.05) is 31.9 Å². The Bertz CT molecular complexity index is 648. The van der Waals surface area contributed by atoms with Crippen LogP contribution in [0.5, 0.6) is 5.75 Å². The molecule has 1 aromatic heterocycles. The fraction of sp³-hybridized carbons (Fsp3) is 0.312. The molecule has 1 fully saturated rings. The standard InChI is InChI=1S/C16H17IN2O2S/c1-21-13-4-2-12(3-5-13)18-8-10-19(11-9-18)16(20)14-6-7-15(17)22-14/h2-7H,8-11H2,1H3. The van der Waals surface area contributed by atoms with Crippen molar-refractivity contribution >= 4 is 45.5 Å². The Morgan fingerprint density at radius 2 is 1.77 bits per heavy atom. The lowest BCUT2D eigenvalue weighted by molar-refractivity contribution is 0.0751. The molecule has 0 spiro atoms. The SMILES string of the molecule is COc1ccc(N2CCN(C(=O)c3ccc(I)s3)CC2)cc1.